The predicted octanol–water partition coefficient (Wildman–Crippen LogP) is 2.17. The summed E-state index contributed by atoms with van der Waals surface area (Å²) in [6.07, 6.45) is 0.918. The smallest absolute Gasteiger partial charge is 0.124 e. The molecule has 0 aliphatic carbocycles. The van der Waals surface area contributed by atoms with Gasteiger partial charge in [-0.05, 0) is 23.8 Å². The van der Waals surface area contributed by atoms with Crippen molar-refractivity contribution < 1.29 is 9.50 Å². The molecule has 0 aliphatic rings. The molecule has 90 valence electrons. The Balaban J connectivity index is 2.21. The van der Waals surface area contributed by atoms with Gasteiger partial charge < -0.3 is 10.8 Å². The highest BCUT2D eigenvalue weighted by Gasteiger charge is 2.15. The highest BCUT2D eigenvalue weighted by atomic mass is 79.9. The first-order chi connectivity index (χ1) is 8.08. The number of hydrogen-bond donors (Lipinski definition) is 3. The fourth-order valence-corrected chi connectivity index (χ4v) is 2.00. The number of benzene rings is 1. The maximum atomic E-state index is 13.1. The Labute approximate surface area is 106 Å². The highest BCUT2D eigenvalue weighted by molar-refractivity contribution is 9.10. The topological polar surface area (TPSA) is 74.9 Å². The van der Waals surface area contributed by atoms with Gasteiger partial charge in [-0.25, -0.2) is 4.39 Å². The van der Waals surface area contributed by atoms with E-state index in [0.717, 1.165) is 4.47 Å². The van der Waals surface area contributed by atoms with Gasteiger partial charge in [0.05, 0.1) is 12.3 Å². The van der Waals surface area contributed by atoms with Crippen LogP contribution in [-0.2, 0) is 6.42 Å². The first-order valence-corrected chi connectivity index (χ1v) is 5.78. The van der Waals surface area contributed by atoms with Crippen LogP contribution in [0.25, 0.3) is 0 Å². The number of nitrogens with two attached hydrogens (primary N) is 1. The zero-order valence-electron chi connectivity index (χ0n) is 8.82. The van der Waals surface area contributed by atoms with Crippen LogP contribution in [0.15, 0.2) is 28.9 Å². The Hall–Kier alpha value is -1.40. The van der Waals surface area contributed by atoms with Gasteiger partial charge in [0.2, 0.25) is 0 Å². The van der Waals surface area contributed by atoms with Gasteiger partial charge in [-0.3, -0.25) is 5.10 Å². The molecule has 1 unspecified atom stereocenters. The lowest BCUT2D eigenvalue weighted by molar-refractivity contribution is 0.179. The highest BCUT2D eigenvalue weighted by Crippen LogP contribution is 2.26. The second-order valence-corrected chi connectivity index (χ2v) is 4.55. The van der Waals surface area contributed by atoms with Gasteiger partial charge in [0.15, 0.2) is 0 Å². The largest absolute Gasteiger partial charge is 0.388 e. The molecule has 0 amide bonds. The lowest BCUT2D eigenvalue weighted by Crippen LogP contribution is -2.04. The van der Waals surface area contributed by atoms with E-state index in [4.69, 9.17) is 5.73 Å². The van der Waals surface area contributed by atoms with Crippen molar-refractivity contribution in [2.45, 2.75) is 12.5 Å². The number of rotatable bonds is 3. The molecule has 1 aromatic carbocycles. The summed E-state index contributed by atoms with van der Waals surface area (Å²) in [7, 11) is 0. The number of aromatic amines is 1. The van der Waals surface area contributed by atoms with Gasteiger partial charge in [-0.2, -0.15) is 5.10 Å². The number of nitrogen functional groups attached to an aromatic ring is 1. The molecule has 1 heterocycles. The summed E-state index contributed by atoms with van der Waals surface area (Å²) in [5, 5.41) is 16.2. The minimum Gasteiger partial charge on any atom is -0.388 e. The minimum atomic E-state index is -0.813. The van der Waals surface area contributed by atoms with E-state index in [1.165, 1.54) is 18.3 Å². The number of aliphatic hydroxyl groups excluding tert-OH is 1. The molecule has 17 heavy (non-hydrogen) atoms. The molecule has 4 N–H and O–H groups in total. The summed E-state index contributed by atoms with van der Waals surface area (Å²) >= 11 is 3.31. The van der Waals surface area contributed by atoms with E-state index in [9.17, 15) is 9.50 Å². The molecule has 6 heteroatoms. The van der Waals surface area contributed by atoms with Crippen LogP contribution in [-0.4, -0.2) is 15.3 Å². The average Bonchev–Trinajstić information content (AvgIpc) is 2.70. The standard InChI is InChI=1S/C11H11BrFN3O/c12-9-2-1-7(13)3-6(9)4-10(17)8-5-15-16-11(8)14/h1-3,5,10,17H,4H2,(H3,14,15,16). The number of H-pyrrole nitrogens is 1. The molecule has 0 fully saturated rings. The number of hydrogen-bond acceptors (Lipinski definition) is 3. The van der Waals surface area contributed by atoms with E-state index < -0.39 is 6.10 Å². The molecule has 0 radical (unpaired) electrons. The Kier molecular flexibility index (Phi) is 3.44. The number of anilines is 1. The van der Waals surface area contributed by atoms with E-state index >= 15 is 0 Å². The summed E-state index contributed by atoms with van der Waals surface area (Å²) in [6, 6.07) is 4.34. The average molecular weight is 300 g/mol. The third-order valence-electron chi connectivity index (χ3n) is 2.48. The van der Waals surface area contributed by atoms with Crippen molar-refractivity contribution in [1.82, 2.24) is 10.2 Å². The SMILES string of the molecule is Nc1[nH]ncc1C(O)Cc1cc(F)ccc1Br. The fraction of sp³-hybridized carbons (Fsp3) is 0.182. The maximum Gasteiger partial charge on any atom is 0.124 e. The van der Waals surface area contributed by atoms with Crippen molar-refractivity contribution in [3.63, 3.8) is 0 Å². The van der Waals surface area contributed by atoms with Crippen LogP contribution in [0.4, 0.5) is 10.2 Å². The first-order valence-electron chi connectivity index (χ1n) is 4.98. The molecule has 4 nitrogen and oxygen atoms in total. The van der Waals surface area contributed by atoms with Crippen molar-refractivity contribution in [2.75, 3.05) is 5.73 Å². The number of nitrogens with one attached hydrogen (secondary N) is 1. The van der Waals surface area contributed by atoms with Crippen LogP contribution in [0.2, 0.25) is 0 Å². The van der Waals surface area contributed by atoms with E-state index in [2.05, 4.69) is 26.1 Å². The number of aromatic nitrogens is 2. The van der Waals surface area contributed by atoms with Crippen LogP contribution in [0.3, 0.4) is 0 Å². The summed E-state index contributed by atoms with van der Waals surface area (Å²) < 4.78 is 13.8. The van der Waals surface area contributed by atoms with E-state index in [1.54, 1.807) is 6.07 Å². The predicted molar refractivity (Wildman–Crippen MR) is 65.8 cm³/mol. The molecule has 1 atom stereocenters. The van der Waals surface area contributed by atoms with Crippen molar-refractivity contribution in [2.24, 2.45) is 0 Å². The lowest BCUT2D eigenvalue weighted by Gasteiger charge is -2.11. The summed E-state index contributed by atoms with van der Waals surface area (Å²) in [5.74, 6) is -0.0133. The molecule has 0 saturated carbocycles. The van der Waals surface area contributed by atoms with Crippen molar-refractivity contribution in [1.29, 1.82) is 0 Å². The van der Waals surface area contributed by atoms with E-state index in [1.807, 2.05) is 0 Å². The molecule has 0 saturated heterocycles. The van der Waals surface area contributed by atoms with Crippen LogP contribution in [0.1, 0.15) is 17.2 Å². The van der Waals surface area contributed by atoms with Crippen LogP contribution >= 0.6 is 15.9 Å². The van der Waals surface area contributed by atoms with E-state index in [0.29, 0.717) is 16.9 Å². The van der Waals surface area contributed by atoms with Gasteiger partial charge >= 0.3 is 0 Å². The first kappa shape index (κ1) is 12.1. The van der Waals surface area contributed by atoms with Crippen molar-refractivity contribution >= 4 is 21.7 Å². The summed E-state index contributed by atoms with van der Waals surface area (Å²) in [4.78, 5) is 0. The molecular weight excluding hydrogens is 289 g/mol. The fourth-order valence-electron chi connectivity index (χ4n) is 1.59. The molecular formula is C11H11BrFN3O. The second-order valence-electron chi connectivity index (χ2n) is 3.69. The molecule has 0 bridgehead atoms. The van der Waals surface area contributed by atoms with Crippen molar-refractivity contribution in [3.8, 4) is 0 Å². The van der Waals surface area contributed by atoms with Gasteiger partial charge in [0, 0.05) is 16.5 Å². The zero-order chi connectivity index (χ0) is 12.4. The number of aliphatic hydroxyl groups is 1. The lowest BCUT2D eigenvalue weighted by atomic mass is 10.0. The Morgan fingerprint density at radius 2 is 2.29 bits per heavy atom. The zero-order valence-corrected chi connectivity index (χ0v) is 10.4. The molecule has 1 aromatic heterocycles. The quantitative estimate of drug-likeness (QED) is 0.813. The van der Waals surface area contributed by atoms with Gasteiger partial charge in [0.25, 0.3) is 0 Å². The Morgan fingerprint density at radius 3 is 2.94 bits per heavy atom. The molecule has 0 spiro atoms. The number of halogens is 2. The third-order valence-corrected chi connectivity index (χ3v) is 3.25. The van der Waals surface area contributed by atoms with Gasteiger partial charge in [0.1, 0.15) is 11.6 Å². The Bertz CT molecular complexity index is 529. The second kappa shape index (κ2) is 4.85. The van der Waals surface area contributed by atoms with Gasteiger partial charge in [-0.1, -0.05) is 15.9 Å². The van der Waals surface area contributed by atoms with Crippen LogP contribution in [0.5, 0.6) is 0 Å². The molecule has 2 aromatic rings. The van der Waals surface area contributed by atoms with Crippen LogP contribution < -0.4 is 5.73 Å². The van der Waals surface area contributed by atoms with Crippen molar-refractivity contribution in [3.05, 3.63) is 45.8 Å². The van der Waals surface area contributed by atoms with E-state index in [-0.39, 0.29) is 12.2 Å². The number of nitrogens with zero attached hydrogens (tertiary/aromatic N) is 1. The third kappa shape index (κ3) is 2.65. The van der Waals surface area contributed by atoms with Crippen LogP contribution in [0, 0.1) is 5.82 Å². The maximum absolute atomic E-state index is 13.1. The molecule has 0 aliphatic heterocycles. The van der Waals surface area contributed by atoms with Gasteiger partial charge in [-0.15, -0.1) is 0 Å². The normalized spacial score (nSPS) is 12.6. The summed E-state index contributed by atoms with van der Waals surface area (Å²) in [5.41, 5.74) is 6.79. The Morgan fingerprint density at radius 1 is 1.53 bits per heavy atom. The molecule has 2 rings (SSSR count). The summed E-state index contributed by atoms with van der Waals surface area (Å²) in [6.45, 7) is 0. The monoisotopic (exact) mass is 299 g/mol. The minimum absolute atomic E-state index is 0.266.